The molecule has 2 aromatic rings. The van der Waals surface area contributed by atoms with Crippen LogP contribution < -0.4 is 11.2 Å². The Balaban J connectivity index is 2.77. The Morgan fingerprint density at radius 1 is 1.29 bits per heavy atom. The van der Waals surface area contributed by atoms with E-state index in [4.69, 9.17) is 15.8 Å². The van der Waals surface area contributed by atoms with Gasteiger partial charge in [-0.3, -0.25) is 0 Å². The van der Waals surface area contributed by atoms with Crippen LogP contribution in [0.25, 0.3) is 10.9 Å². The van der Waals surface area contributed by atoms with Crippen molar-refractivity contribution >= 4 is 29.4 Å². The third kappa shape index (κ3) is 1.41. The van der Waals surface area contributed by atoms with Crippen molar-refractivity contribution in [2.24, 2.45) is 0 Å². The quantitative estimate of drug-likeness (QED) is 0.494. The third-order valence-corrected chi connectivity index (χ3v) is 1.94. The Morgan fingerprint density at radius 3 is 2.79 bits per heavy atom. The van der Waals surface area contributed by atoms with E-state index >= 15 is 0 Å². The molecule has 6 heteroatoms. The molecule has 1 aromatic carbocycles. The van der Waals surface area contributed by atoms with Crippen molar-refractivity contribution in [3.05, 3.63) is 24.4 Å². The van der Waals surface area contributed by atoms with E-state index in [0.717, 1.165) is 5.39 Å². The highest BCUT2D eigenvalue weighted by Crippen LogP contribution is 2.08. The summed E-state index contributed by atoms with van der Waals surface area (Å²) in [4.78, 5) is 7.75. The van der Waals surface area contributed by atoms with E-state index in [1.54, 1.807) is 24.4 Å². The number of nitrogen functional groups attached to an aromatic ring is 1. The number of para-hydroxylation sites is 1. The van der Waals surface area contributed by atoms with Gasteiger partial charge in [0.15, 0.2) is 0 Å². The zero-order chi connectivity index (χ0) is 10.1. The maximum atomic E-state index is 9.07. The van der Waals surface area contributed by atoms with Gasteiger partial charge in [-0.25, -0.2) is 9.97 Å². The molecule has 2 rings (SSSR count). The summed E-state index contributed by atoms with van der Waals surface area (Å²) < 4.78 is 0. The summed E-state index contributed by atoms with van der Waals surface area (Å²) in [5.74, 6) is 0.116. The van der Waals surface area contributed by atoms with Crippen molar-refractivity contribution in [2.45, 2.75) is 0 Å². The summed E-state index contributed by atoms with van der Waals surface area (Å²) in [6.45, 7) is 0. The minimum atomic E-state index is -1.55. The highest BCUT2D eigenvalue weighted by Gasteiger charge is 2.15. The van der Waals surface area contributed by atoms with Crippen molar-refractivity contribution in [3.63, 3.8) is 0 Å². The molecule has 0 atom stereocenters. The van der Waals surface area contributed by atoms with Crippen LogP contribution in [0.15, 0.2) is 24.4 Å². The molecule has 70 valence electrons. The average Bonchev–Trinajstić information content (AvgIpc) is 2.16. The minimum Gasteiger partial charge on any atom is -0.423 e. The predicted molar refractivity (Wildman–Crippen MR) is 53.8 cm³/mol. The lowest BCUT2D eigenvalue weighted by Crippen LogP contribution is -2.31. The standard InChI is InChI=1S/C8H8BN3O2/c10-8-11-4-5-2-1-3-6(9(13)14)7(5)12-8/h1-4,13-14H,(H2,10,11,12). The van der Waals surface area contributed by atoms with Crippen molar-refractivity contribution < 1.29 is 10.0 Å². The first-order valence-electron chi connectivity index (χ1n) is 4.06. The van der Waals surface area contributed by atoms with Crippen molar-refractivity contribution in [1.82, 2.24) is 9.97 Å². The van der Waals surface area contributed by atoms with Crippen LogP contribution in [0.2, 0.25) is 0 Å². The van der Waals surface area contributed by atoms with Gasteiger partial charge in [-0.1, -0.05) is 18.2 Å². The molecule has 0 fully saturated rings. The van der Waals surface area contributed by atoms with E-state index < -0.39 is 7.12 Å². The van der Waals surface area contributed by atoms with Gasteiger partial charge < -0.3 is 15.8 Å². The van der Waals surface area contributed by atoms with Crippen LogP contribution in [0.3, 0.4) is 0 Å². The van der Waals surface area contributed by atoms with E-state index in [1.807, 2.05) is 0 Å². The number of anilines is 1. The molecule has 1 heterocycles. The predicted octanol–water partition coefficient (Wildman–Crippen LogP) is -1.11. The van der Waals surface area contributed by atoms with Gasteiger partial charge in [-0.2, -0.15) is 0 Å². The molecule has 0 aliphatic rings. The third-order valence-electron chi connectivity index (χ3n) is 1.94. The second kappa shape index (κ2) is 3.24. The summed E-state index contributed by atoms with van der Waals surface area (Å²) in [5, 5.41) is 18.9. The fourth-order valence-electron chi connectivity index (χ4n) is 1.30. The Morgan fingerprint density at radius 2 is 2.07 bits per heavy atom. The largest absolute Gasteiger partial charge is 0.490 e. The summed E-state index contributed by atoms with van der Waals surface area (Å²) in [5.41, 5.74) is 6.21. The second-order valence-corrected chi connectivity index (χ2v) is 2.89. The number of hydrogen-bond donors (Lipinski definition) is 3. The van der Waals surface area contributed by atoms with Gasteiger partial charge in [-0.15, -0.1) is 0 Å². The molecule has 0 aliphatic heterocycles. The lowest BCUT2D eigenvalue weighted by Gasteiger charge is -2.03. The molecule has 1 aromatic heterocycles. The van der Waals surface area contributed by atoms with E-state index in [-0.39, 0.29) is 5.95 Å². The van der Waals surface area contributed by atoms with E-state index in [2.05, 4.69) is 9.97 Å². The Bertz CT molecular complexity index is 475. The molecule has 0 aliphatic carbocycles. The summed E-state index contributed by atoms with van der Waals surface area (Å²) >= 11 is 0. The van der Waals surface area contributed by atoms with Gasteiger partial charge in [0.25, 0.3) is 0 Å². The number of nitrogens with zero attached hydrogens (tertiary/aromatic N) is 2. The highest BCUT2D eigenvalue weighted by molar-refractivity contribution is 6.61. The summed E-state index contributed by atoms with van der Waals surface area (Å²) in [6.07, 6.45) is 1.55. The molecular weight excluding hydrogens is 181 g/mol. The fraction of sp³-hybridized carbons (Fsp3) is 0. The van der Waals surface area contributed by atoms with E-state index in [9.17, 15) is 0 Å². The highest BCUT2D eigenvalue weighted by atomic mass is 16.4. The van der Waals surface area contributed by atoms with E-state index in [1.165, 1.54) is 0 Å². The first kappa shape index (κ1) is 8.92. The summed E-state index contributed by atoms with van der Waals surface area (Å²) in [7, 11) is -1.55. The van der Waals surface area contributed by atoms with Crippen molar-refractivity contribution in [2.75, 3.05) is 5.73 Å². The lowest BCUT2D eigenvalue weighted by molar-refractivity contribution is 0.426. The van der Waals surface area contributed by atoms with Gasteiger partial charge in [0.05, 0.1) is 5.52 Å². The van der Waals surface area contributed by atoms with Gasteiger partial charge in [0, 0.05) is 17.0 Å². The zero-order valence-electron chi connectivity index (χ0n) is 7.25. The van der Waals surface area contributed by atoms with Crippen LogP contribution in [0.1, 0.15) is 0 Å². The number of aromatic nitrogens is 2. The molecule has 0 radical (unpaired) electrons. The van der Waals surface area contributed by atoms with Crippen LogP contribution in [-0.4, -0.2) is 27.1 Å². The number of rotatable bonds is 1. The Kier molecular flexibility index (Phi) is 2.07. The van der Waals surface area contributed by atoms with Gasteiger partial charge >= 0.3 is 7.12 Å². The Labute approximate surface area is 80.4 Å². The zero-order valence-corrected chi connectivity index (χ0v) is 7.25. The molecule has 0 unspecified atom stereocenters. The lowest BCUT2D eigenvalue weighted by atomic mass is 9.79. The molecule has 5 nitrogen and oxygen atoms in total. The number of nitrogens with two attached hydrogens (primary N) is 1. The maximum absolute atomic E-state index is 9.07. The number of benzene rings is 1. The summed E-state index contributed by atoms with van der Waals surface area (Å²) in [6, 6.07) is 5.07. The minimum absolute atomic E-state index is 0.116. The average molecular weight is 189 g/mol. The molecular formula is C8H8BN3O2. The normalized spacial score (nSPS) is 10.4. The molecule has 4 N–H and O–H groups in total. The van der Waals surface area contributed by atoms with Crippen molar-refractivity contribution in [1.29, 1.82) is 0 Å². The first-order chi connectivity index (χ1) is 6.68. The topological polar surface area (TPSA) is 92.3 Å². The first-order valence-corrected chi connectivity index (χ1v) is 4.06. The molecule has 0 amide bonds. The van der Waals surface area contributed by atoms with Crippen molar-refractivity contribution in [3.8, 4) is 0 Å². The molecule has 0 spiro atoms. The van der Waals surface area contributed by atoms with Crippen LogP contribution >= 0.6 is 0 Å². The number of hydrogen-bond acceptors (Lipinski definition) is 5. The fourth-order valence-corrected chi connectivity index (χ4v) is 1.30. The van der Waals surface area contributed by atoms with Crippen LogP contribution in [0, 0.1) is 0 Å². The Hall–Kier alpha value is -1.66. The van der Waals surface area contributed by atoms with E-state index in [0.29, 0.717) is 11.0 Å². The molecule has 14 heavy (non-hydrogen) atoms. The van der Waals surface area contributed by atoms with Gasteiger partial charge in [0.1, 0.15) is 0 Å². The SMILES string of the molecule is Nc1ncc2cccc(B(O)O)c2n1. The number of fused-ring (bicyclic) bond motifs is 1. The monoisotopic (exact) mass is 189 g/mol. The van der Waals surface area contributed by atoms with Crippen LogP contribution in [-0.2, 0) is 0 Å². The maximum Gasteiger partial charge on any atom is 0.490 e. The van der Waals surface area contributed by atoms with Gasteiger partial charge in [-0.05, 0) is 0 Å². The molecule has 0 saturated heterocycles. The smallest absolute Gasteiger partial charge is 0.423 e. The second-order valence-electron chi connectivity index (χ2n) is 2.89. The van der Waals surface area contributed by atoms with Crippen LogP contribution in [0.5, 0.6) is 0 Å². The molecule has 0 saturated carbocycles. The van der Waals surface area contributed by atoms with Gasteiger partial charge in [0.2, 0.25) is 5.95 Å². The molecule has 0 bridgehead atoms. The van der Waals surface area contributed by atoms with Crippen LogP contribution in [0.4, 0.5) is 5.95 Å².